The molecular weight excluding hydrogens is 329 g/mol. The lowest BCUT2D eigenvalue weighted by Crippen LogP contribution is -2.41. The number of alkyl halides is 3. The maximum atomic E-state index is 12.8. The Balaban J connectivity index is 2.55. The summed E-state index contributed by atoms with van der Waals surface area (Å²) >= 11 is 0. The first-order valence-corrected chi connectivity index (χ1v) is 7.00. The van der Waals surface area contributed by atoms with Crippen LogP contribution in [0.15, 0.2) is 24.3 Å². The summed E-state index contributed by atoms with van der Waals surface area (Å²) < 4.78 is 42.9. The molecule has 1 aromatic rings. The number of nitrogens with one attached hydrogen (secondary N) is 2. The van der Waals surface area contributed by atoms with Crippen molar-refractivity contribution in [2.75, 3.05) is 13.2 Å². The fourth-order valence-electron chi connectivity index (χ4n) is 1.72. The molecule has 24 heavy (non-hydrogen) atoms. The summed E-state index contributed by atoms with van der Waals surface area (Å²) in [7, 11) is 0. The minimum Gasteiger partial charge on any atom is -0.452 e. The van der Waals surface area contributed by atoms with Crippen LogP contribution in [0.2, 0.25) is 0 Å². The van der Waals surface area contributed by atoms with Crippen molar-refractivity contribution in [1.29, 1.82) is 0 Å². The van der Waals surface area contributed by atoms with Crippen molar-refractivity contribution in [3.63, 3.8) is 0 Å². The van der Waals surface area contributed by atoms with E-state index in [-0.39, 0.29) is 12.6 Å². The molecule has 132 valence electrons. The molecule has 1 rings (SSSR count). The molecule has 0 aromatic heterocycles. The summed E-state index contributed by atoms with van der Waals surface area (Å²) in [6.45, 7) is 2.35. The molecule has 0 heterocycles. The first-order valence-electron chi connectivity index (χ1n) is 7.00. The van der Waals surface area contributed by atoms with Crippen LogP contribution in [0.4, 0.5) is 13.2 Å². The Labute approximate surface area is 136 Å². The fourth-order valence-corrected chi connectivity index (χ4v) is 1.72. The molecule has 0 radical (unpaired) electrons. The van der Waals surface area contributed by atoms with Gasteiger partial charge in [-0.15, -0.1) is 0 Å². The van der Waals surface area contributed by atoms with Gasteiger partial charge in [0.05, 0.1) is 17.7 Å². The Kier molecular flexibility index (Phi) is 6.75. The van der Waals surface area contributed by atoms with Gasteiger partial charge >= 0.3 is 12.1 Å². The van der Waals surface area contributed by atoms with E-state index >= 15 is 0 Å². The Morgan fingerprint density at radius 1 is 1.12 bits per heavy atom. The molecule has 9 heteroatoms. The highest BCUT2D eigenvalue weighted by molar-refractivity contribution is 5.93. The Bertz CT molecular complexity index is 615. The van der Waals surface area contributed by atoms with Crippen LogP contribution in [0.1, 0.15) is 29.8 Å². The minimum atomic E-state index is -4.72. The first-order chi connectivity index (χ1) is 11.1. The molecule has 0 bridgehead atoms. The number of esters is 1. The van der Waals surface area contributed by atoms with E-state index in [1.165, 1.54) is 6.07 Å². The summed E-state index contributed by atoms with van der Waals surface area (Å²) in [5.41, 5.74) is -1.83. The molecule has 2 amide bonds. The third kappa shape index (κ3) is 6.27. The number of benzene rings is 1. The van der Waals surface area contributed by atoms with Gasteiger partial charge in [0.2, 0.25) is 5.91 Å². The Hall–Kier alpha value is -2.58. The van der Waals surface area contributed by atoms with Crippen molar-refractivity contribution < 1.29 is 32.3 Å². The van der Waals surface area contributed by atoms with Crippen LogP contribution in [0.25, 0.3) is 0 Å². The second-order valence-corrected chi connectivity index (χ2v) is 5.12. The average Bonchev–Trinajstić information content (AvgIpc) is 2.49. The van der Waals surface area contributed by atoms with E-state index in [0.29, 0.717) is 0 Å². The number of amides is 2. The molecule has 0 saturated carbocycles. The number of hydrogen-bond acceptors (Lipinski definition) is 4. The lowest BCUT2D eigenvalue weighted by Gasteiger charge is -2.12. The second-order valence-electron chi connectivity index (χ2n) is 5.12. The van der Waals surface area contributed by atoms with E-state index in [2.05, 4.69) is 15.4 Å². The minimum absolute atomic E-state index is 0.105. The lowest BCUT2D eigenvalue weighted by molar-refractivity contribution is -0.138. The van der Waals surface area contributed by atoms with Crippen LogP contribution in [-0.2, 0) is 20.5 Å². The molecule has 0 aliphatic rings. The van der Waals surface area contributed by atoms with Gasteiger partial charge in [0, 0.05) is 6.04 Å². The van der Waals surface area contributed by atoms with Crippen molar-refractivity contribution in [1.82, 2.24) is 10.6 Å². The number of halogens is 3. The normalized spacial score (nSPS) is 11.1. The van der Waals surface area contributed by atoms with Crippen LogP contribution >= 0.6 is 0 Å². The van der Waals surface area contributed by atoms with Crippen molar-refractivity contribution in [2.45, 2.75) is 26.1 Å². The van der Waals surface area contributed by atoms with Gasteiger partial charge in [-0.25, -0.2) is 4.79 Å². The predicted molar refractivity (Wildman–Crippen MR) is 78.0 cm³/mol. The van der Waals surface area contributed by atoms with Gasteiger partial charge in [0.15, 0.2) is 6.61 Å². The SMILES string of the molecule is CC(C)NC(=O)CNC(=O)COC(=O)c1ccccc1C(F)(F)F. The first kappa shape index (κ1) is 19.5. The van der Waals surface area contributed by atoms with Crippen LogP contribution in [0.3, 0.4) is 0 Å². The van der Waals surface area contributed by atoms with Gasteiger partial charge in [0.1, 0.15) is 0 Å². The van der Waals surface area contributed by atoms with Gasteiger partial charge in [-0.05, 0) is 26.0 Å². The zero-order valence-electron chi connectivity index (χ0n) is 13.1. The third-order valence-corrected chi connectivity index (χ3v) is 2.68. The highest BCUT2D eigenvalue weighted by atomic mass is 19.4. The number of carbonyl (C=O) groups is 3. The third-order valence-electron chi connectivity index (χ3n) is 2.68. The van der Waals surface area contributed by atoms with E-state index in [1.54, 1.807) is 13.8 Å². The maximum absolute atomic E-state index is 12.8. The van der Waals surface area contributed by atoms with Gasteiger partial charge in [0.25, 0.3) is 5.91 Å². The summed E-state index contributed by atoms with van der Waals surface area (Å²) in [4.78, 5) is 34.5. The van der Waals surface area contributed by atoms with Crippen LogP contribution in [0, 0.1) is 0 Å². The molecule has 1 aromatic carbocycles. The lowest BCUT2D eigenvalue weighted by atomic mass is 10.1. The zero-order valence-corrected chi connectivity index (χ0v) is 13.1. The molecule has 0 saturated heterocycles. The van der Waals surface area contributed by atoms with Crippen molar-refractivity contribution >= 4 is 17.8 Å². The van der Waals surface area contributed by atoms with Crippen LogP contribution in [0.5, 0.6) is 0 Å². The molecular formula is C15H17F3N2O4. The molecule has 0 aliphatic heterocycles. The predicted octanol–water partition coefficient (Wildman–Crippen LogP) is 1.50. The van der Waals surface area contributed by atoms with Gasteiger partial charge in [-0.1, -0.05) is 12.1 Å². The molecule has 0 fully saturated rings. The summed E-state index contributed by atoms with van der Waals surface area (Å²) in [6, 6.07) is 3.99. The summed E-state index contributed by atoms with van der Waals surface area (Å²) in [5, 5.41) is 4.72. The summed E-state index contributed by atoms with van der Waals surface area (Å²) in [6.07, 6.45) is -4.72. The molecule has 0 unspecified atom stereocenters. The average molecular weight is 346 g/mol. The van der Waals surface area contributed by atoms with E-state index in [4.69, 9.17) is 0 Å². The van der Waals surface area contributed by atoms with Gasteiger partial charge < -0.3 is 15.4 Å². The van der Waals surface area contributed by atoms with E-state index in [0.717, 1.165) is 18.2 Å². The number of rotatable bonds is 6. The van der Waals surface area contributed by atoms with Gasteiger partial charge in [-0.2, -0.15) is 13.2 Å². The number of hydrogen-bond donors (Lipinski definition) is 2. The number of ether oxygens (including phenoxy) is 1. The highest BCUT2D eigenvalue weighted by Gasteiger charge is 2.35. The molecule has 2 N–H and O–H groups in total. The summed E-state index contributed by atoms with van der Waals surface area (Å²) in [5.74, 6) is -2.51. The van der Waals surface area contributed by atoms with Gasteiger partial charge in [-0.3, -0.25) is 9.59 Å². The second kappa shape index (κ2) is 8.32. The molecule has 6 nitrogen and oxygen atoms in total. The molecule has 0 aliphatic carbocycles. The smallest absolute Gasteiger partial charge is 0.417 e. The van der Waals surface area contributed by atoms with E-state index in [9.17, 15) is 27.6 Å². The fraction of sp³-hybridized carbons (Fsp3) is 0.400. The highest BCUT2D eigenvalue weighted by Crippen LogP contribution is 2.32. The van der Waals surface area contributed by atoms with Crippen molar-refractivity contribution in [3.8, 4) is 0 Å². The van der Waals surface area contributed by atoms with Crippen LogP contribution in [-0.4, -0.2) is 37.0 Å². The van der Waals surface area contributed by atoms with Crippen LogP contribution < -0.4 is 10.6 Å². The standard InChI is InChI=1S/C15H17F3N2O4/c1-9(2)20-12(21)7-19-13(22)8-24-14(23)10-5-3-4-6-11(10)15(16,17)18/h3-6,9H,7-8H2,1-2H3,(H,19,22)(H,20,21). The molecule has 0 spiro atoms. The van der Waals surface area contributed by atoms with E-state index < -0.39 is 41.7 Å². The quantitative estimate of drug-likeness (QED) is 0.765. The Morgan fingerprint density at radius 2 is 1.75 bits per heavy atom. The monoisotopic (exact) mass is 346 g/mol. The Morgan fingerprint density at radius 3 is 2.33 bits per heavy atom. The van der Waals surface area contributed by atoms with E-state index in [1.807, 2.05) is 0 Å². The van der Waals surface area contributed by atoms with Crippen molar-refractivity contribution in [3.05, 3.63) is 35.4 Å². The number of carbonyl (C=O) groups excluding carboxylic acids is 3. The van der Waals surface area contributed by atoms with Crippen molar-refractivity contribution in [2.24, 2.45) is 0 Å². The topological polar surface area (TPSA) is 84.5 Å². The largest absolute Gasteiger partial charge is 0.452 e. The maximum Gasteiger partial charge on any atom is 0.417 e. The molecule has 0 atom stereocenters. The zero-order chi connectivity index (χ0) is 18.3.